The highest BCUT2D eigenvalue weighted by molar-refractivity contribution is 9.10. The van der Waals surface area contributed by atoms with Gasteiger partial charge < -0.3 is 4.84 Å². The highest BCUT2D eigenvalue weighted by Crippen LogP contribution is 2.13. The van der Waals surface area contributed by atoms with Gasteiger partial charge in [-0.3, -0.25) is 0 Å². The second kappa shape index (κ2) is 8.34. The van der Waals surface area contributed by atoms with Crippen LogP contribution in [-0.2, 0) is 4.84 Å². The molecule has 0 aliphatic heterocycles. The standard InChI is InChI=1S/C13H18BrNO/c1-2-3-4-7-10-16-15-11-12-8-5-6-9-13(12)14/h5-6,8-9,11H,2-4,7,10H2,1H3. The molecule has 2 nitrogen and oxygen atoms in total. The van der Waals surface area contributed by atoms with E-state index < -0.39 is 0 Å². The van der Waals surface area contributed by atoms with Crippen LogP contribution in [0, 0.1) is 0 Å². The summed E-state index contributed by atoms with van der Waals surface area (Å²) in [6.07, 6.45) is 6.57. The number of hydrogen-bond acceptors (Lipinski definition) is 2. The van der Waals surface area contributed by atoms with Crippen LogP contribution in [0.5, 0.6) is 0 Å². The van der Waals surface area contributed by atoms with Crippen molar-refractivity contribution in [2.24, 2.45) is 5.16 Å². The normalized spacial score (nSPS) is 10.9. The average molecular weight is 284 g/mol. The van der Waals surface area contributed by atoms with Crippen LogP contribution in [0.15, 0.2) is 33.9 Å². The molecule has 0 spiro atoms. The molecule has 0 unspecified atom stereocenters. The van der Waals surface area contributed by atoms with Crippen molar-refractivity contribution < 1.29 is 4.84 Å². The maximum absolute atomic E-state index is 5.19. The van der Waals surface area contributed by atoms with Crippen molar-refractivity contribution in [1.29, 1.82) is 0 Å². The van der Waals surface area contributed by atoms with Gasteiger partial charge >= 0.3 is 0 Å². The van der Waals surface area contributed by atoms with Crippen molar-refractivity contribution in [2.45, 2.75) is 32.6 Å². The Morgan fingerprint density at radius 1 is 1.25 bits per heavy atom. The molecular weight excluding hydrogens is 266 g/mol. The van der Waals surface area contributed by atoms with Crippen LogP contribution < -0.4 is 0 Å². The minimum absolute atomic E-state index is 0.709. The van der Waals surface area contributed by atoms with Crippen LogP contribution >= 0.6 is 15.9 Å². The van der Waals surface area contributed by atoms with Gasteiger partial charge in [-0.25, -0.2) is 0 Å². The van der Waals surface area contributed by atoms with E-state index in [9.17, 15) is 0 Å². The van der Waals surface area contributed by atoms with Crippen LogP contribution in [0.3, 0.4) is 0 Å². The van der Waals surface area contributed by atoms with Gasteiger partial charge in [-0.1, -0.05) is 59.1 Å². The molecule has 0 atom stereocenters. The van der Waals surface area contributed by atoms with E-state index in [4.69, 9.17) is 4.84 Å². The Kier molecular flexibility index (Phi) is 6.90. The topological polar surface area (TPSA) is 21.6 Å². The first-order chi connectivity index (χ1) is 7.84. The second-order valence-electron chi connectivity index (χ2n) is 3.65. The minimum Gasteiger partial charge on any atom is -0.396 e. The van der Waals surface area contributed by atoms with E-state index in [1.807, 2.05) is 24.3 Å². The Bertz CT molecular complexity index is 325. The summed E-state index contributed by atoms with van der Waals surface area (Å²) in [6.45, 7) is 2.91. The predicted octanol–water partition coefficient (Wildman–Crippen LogP) is 4.38. The van der Waals surface area contributed by atoms with Crippen LogP contribution in [0.25, 0.3) is 0 Å². The van der Waals surface area contributed by atoms with Gasteiger partial charge in [0.05, 0.1) is 6.21 Å². The first-order valence-electron chi connectivity index (χ1n) is 5.74. The fourth-order valence-electron chi connectivity index (χ4n) is 1.32. The van der Waals surface area contributed by atoms with Gasteiger partial charge in [-0.05, 0) is 18.9 Å². The van der Waals surface area contributed by atoms with E-state index in [1.54, 1.807) is 6.21 Å². The van der Waals surface area contributed by atoms with E-state index in [-0.39, 0.29) is 0 Å². The zero-order valence-electron chi connectivity index (χ0n) is 9.66. The van der Waals surface area contributed by atoms with Crippen molar-refractivity contribution in [3.63, 3.8) is 0 Å². The molecule has 88 valence electrons. The summed E-state index contributed by atoms with van der Waals surface area (Å²) >= 11 is 3.45. The van der Waals surface area contributed by atoms with Crippen molar-refractivity contribution in [1.82, 2.24) is 0 Å². The first kappa shape index (κ1) is 13.2. The highest BCUT2D eigenvalue weighted by Gasteiger charge is 1.93. The maximum atomic E-state index is 5.19. The summed E-state index contributed by atoms with van der Waals surface area (Å²) in [5.74, 6) is 0. The molecule has 0 aromatic heterocycles. The molecule has 0 fully saturated rings. The molecule has 0 bridgehead atoms. The first-order valence-corrected chi connectivity index (χ1v) is 6.53. The molecule has 0 saturated heterocycles. The van der Waals surface area contributed by atoms with Crippen LogP contribution in [0.4, 0.5) is 0 Å². The Morgan fingerprint density at radius 3 is 2.81 bits per heavy atom. The van der Waals surface area contributed by atoms with Gasteiger partial charge in [0.25, 0.3) is 0 Å². The van der Waals surface area contributed by atoms with E-state index >= 15 is 0 Å². The summed E-state index contributed by atoms with van der Waals surface area (Å²) in [6, 6.07) is 7.94. The average Bonchev–Trinajstić information content (AvgIpc) is 2.30. The lowest BCUT2D eigenvalue weighted by Crippen LogP contribution is -1.90. The zero-order valence-corrected chi connectivity index (χ0v) is 11.2. The smallest absolute Gasteiger partial charge is 0.117 e. The van der Waals surface area contributed by atoms with Crippen LogP contribution in [0.1, 0.15) is 38.2 Å². The third-order valence-electron chi connectivity index (χ3n) is 2.26. The number of halogens is 1. The van der Waals surface area contributed by atoms with Crippen LogP contribution in [-0.4, -0.2) is 12.8 Å². The lowest BCUT2D eigenvalue weighted by molar-refractivity contribution is 0.141. The molecule has 0 N–H and O–H groups in total. The molecule has 0 radical (unpaired) electrons. The van der Waals surface area contributed by atoms with E-state index in [1.165, 1.54) is 19.3 Å². The monoisotopic (exact) mass is 283 g/mol. The van der Waals surface area contributed by atoms with Crippen molar-refractivity contribution >= 4 is 22.1 Å². The van der Waals surface area contributed by atoms with Gasteiger partial charge in [0.2, 0.25) is 0 Å². The number of benzene rings is 1. The van der Waals surface area contributed by atoms with Crippen LogP contribution in [0.2, 0.25) is 0 Å². The van der Waals surface area contributed by atoms with Gasteiger partial charge in [0, 0.05) is 10.0 Å². The SMILES string of the molecule is CCCCCCON=Cc1ccccc1Br. The lowest BCUT2D eigenvalue weighted by atomic mass is 10.2. The number of oxime groups is 1. The number of hydrogen-bond donors (Lipinski definition) is 0. The van der Waals surface area contributed by atoms with Gasteiger partial charge in [0.15, 0.2) is 0 Å². The molecule has 0 aliphatic rings. The molecule has 3 heteroatoms. The van der Waals surface area contributed by atoms with Crippen molar-refractivity contribution in [2.75, 3.05) is 6.61 Å². The summed E-state index contributed by atoms with van der Waals surface area (Å²) < 4.78 is 1.04. The molecule has 0 saturated carbocycles. The van der Waals surface area contributed by atoms with Gasteiger partial charge in [-0.15, -0.1) is 0 Å². The number of nitrogens with zero attached hydrogens (tertiary/aromatic N) is 1. The summed E-state index contributed by atoms with van der Waals surface area (Å²) in [7, 11) is 0. The molecule has 0 heterocycles. The predicted molar refractivity (Wildman–Crippen MR) is 71.8 cm³/mol. The maximum Gasteiger partial charge on any atom is 0.117 e. The lowest BCUT2D eigenvalue weighted by Gasteiger charge is -1.99. The second-order valence-corrected chi connectivity index (χ2v) is 4.50. The summed E-state index contributed by atoms with van der Waals surface area (Å²) in [5, 5.41) is 3.95. The molecule has 0 amide bonds. The molecule has 1 rings (SSSR count). The van der Waals surface area contributed by atoms with E-state index in [0.29, 0.717) is 6.61 Å². The summed E-state index contributed by atoms with van der Waals surface area (Å²) in [5.41, 5.74) is 1.04. The Labute approximate surface area is 106 Å². The van der Waals surface area contributed by atoms with E-state index in [0.717, 1.165) is 16.5 Å². The third kappa shape index (κ3) is 5.31. The summed E-state index contributed by atoms with van der Waals surface area (Å²) in [4.78, 5) is 5.19. The van der Waals surface area contributed by atoms with Gasteiger partial charge in [-0.2, -0.15) is 0 Å². The Balaban J connectivity index is 2.20. The zero-order chi connectivity index (χ0) is 11.6. The molecule has 1 aromatic carbocycles. The van der Waals surface area contributed by atoms with Crippen molar-refractivity contribution in [3.05, 3.63) is 34.3 Å². The van der Waals surface area contributed by atoms with E-state index in [2.05, 4.69) is 28.0 Å². The molecule has 0 aliphatic carbocycles. The quantitative estimate of drug-likeness (QED) is 0.413. The number of rotatable bonds is 7. The largest absolute Gasteiger partial charge is 0.396 e. The van der Waals surface area contributed by atoms with Gasteiger partial charge in [0.1, 0.15) is 6.61 Å². The number of unbranched alkanes of at least 4 members (excludes halogenated alkanes) is 3. The van der Waals surface area contributed by atoms with Crippen molar-refractivity contribution in [3.8, 4) is 0 Å². The molecule has 16 heavy (non-hydrogen) atoms. The molecule has 1 aromatic rings. The fraction of sp³-hybridized carbons (Fsp3) is 0.462. The minimum atomic E-state index is 0.709. The Morgan fingerprint density at radius 2 is 2.06 bits per heavy atom. The molecular formula is C13H18BrNO. The Hall–Kier alpha value is -0.830. The highest BCUT2D eigenvalue weighted by atomic mass is 79.9. The fourth-order valence-corrected chi connectivity index (χ4v) is 1.71. The third-order valence-corrected chi connectivity index (χ3v) is 2.98.